The largest absolute Gasteiger partial charge is 0.481 e. The van der Waals surface area contributed by atoms with E-state index in [-0.39, 0.29) is 18.1 Å². The van der Waals surface area contributed by atoms with Crippen molar-refractivity contribution in [1.82, 2.24) is 10.3 Å². The summed E-state index contributed by atoms with van der Waals surface area (Å²) in [5.41, 5.74) is 1.10. The van der Waals surface area contributed by atoms with Gasteiger partial charge in [-0.2, -0.15) is 0 Å². The summed E-state index contributed by atoms with van der Waals surface area (Å²) in [6, 6.07) is 10.4. The van der Waals surface area contributed by atoms with E-state index >= 15 is 0 Å². The van der Waals surface area contributed by atoms with E-state index in [9.17, 15) is 14.3 Å². The Kier molecular flexibility index (Phi) is 6.28. The fraction of sp³-hybridized carbons (Fsp3) is 0.200. The lowest BCUT2D eigenvalue weighted by Crippen LogP contribution is -2.33. The summed E-state index contributed by atoms with van der Waals surface area (Å²) >= 11 is 5.74. The summed E-state index contributed by atoms with van der Waals surface area (Å²) in [4.78, 5) is 16.7. The van der Waals surface area contributed by atoms with Crippen molar-refractivity contribution in [3.63, 3.8) is 0 Å². The number of rotatable bonds is 6. The highest BCUT2D eigenvalue weighted by Gasteiger charge is 2.19. The van der Waals surface area contributed by atoms with Crippen LogP contribution in [0.15, 0.2) is 48.7 Å². The molecule has 28 heavy (non-hydrogen) atoms. The molecule has 0 saturated carbocycles. The van der Waals surface area contributed by atoms with Crippen LogP contribution in [0.3, 0.4) is 0 Å². The number of amides is 2. The smallest absolute Gasteiger partial charge is 0.319 e. The molecule has 0 aliphatic heterocycles. The van der Waals surface area contributed by atoms with Crippen molar-refractivity contribution in [2.24, 2.45) is 0 Å². The lowest BCUT2D eigenvalue weighted by atomic mass is 9.99. The molecule has 2 amide bonds. The number of hydrogen-bond donors (Lipinski definition) is 3. The van der Waals surface area contributed by atoms with Gasteiger partial charge in [0.15, 0.2) is 0 Å². The third-order valence-electron chi connectivity index (χ3n) is 4.26. The molecule has 6 nitrogen and oxygen atoms in total. The van der Waals surface area contributed by atoms with Gasteiger partial charge in [-0.1, -0.05) is 29.8 Å². The number of aromatic nitrogens is 1. The Hall–Kier alpha value is -2.90. The van der Waals surface area contributed by atoms with Crippen LogP contribution in [-0.4, -0.2) is 29.8 Å². The molecule has 3 rings (SSSR count). The predicted octanol–water partition coefficient (Wildman–Crippen LogP) is 4.28. The summed E-state index contributed by atoms with van der Waals surface area (Å²) in [5, 5.41) is 16.5. The second kappa shape index (κ2) is 8.86. The van der Waals surface area contributed by atoms with E-state index in [2.05, 4.69) is 15.6 Å². The number of carbonyl (C=O) groups excluding carboxylic acids is 1. The number of nitrogens with zero attached hydrogens (tertiary/aromatic N) is 1. The number of ether oxygens (including phenoxy) is 1. The molecule has 0 aliphatic carbocycles. The number of urea groups is 1. The van der Waals surface area contributed by atoms with Gasteiger partial charge in [0.05, 0.1) is 18.2 Å². The first-order chi connectivity index (χ1) is 13.5. The molecule has 3 N–H and O–H groups in total. The maximum absolute atomic E-state index is 13.3. The lowest BCUT2D eigenvalue weighted by Gasteiger charge is -2.21. The maximum atomic E-state index is 13.3. The van der Waals surface area contributed by atoms with Gasteiger partial charge in [0, 0.05) is 29.4 Å². The van der Waals surface area contributed by atoms with Crippen LogP contribution in [0.25, 0.3) is 10.8 Å². The summed E-state index contributed by atoms with van der Waals surface area (Å²) in [6.45, 7) is -0.131. The molecule has 0 aliphatic rings. The third kappa shape index (κ3) is 4.32. The Balaban J connectivity index is 1.86. The van der Waals surface area contributed by atoms with Crippen LogP contribution < -0.4 is 15.4 Å². The number of pyridine rings is 1. The molecule has 0 radical (unpaired) electrons. The summed E-state index contributed by atoms with van der Waals surface area (Å²) < 4.78 is 18.6. The number of anilines is 1. The highest BCUT2D eigenvalue weighted by atomic mass is 35.5. The molecule has 0 fully saturated rings. The van der Waals surface area contributed by atoms with Crippen molar-refractivity contribution in [3.05, 3.63) is 65.1 Å². The Labute approximate surface area is 166 Å². The fourth-order valence-corrected chi connectivity index (χ4v) is 3.14. The van der Waals surface area contributed by atoms with Crippen LogP contribution in [0.2, 0.25) is 5.02 Å². The average Bonchev–Trinajstić information content (AvgIpc) is 2.69. The van der Waals surface area contributed by atoms with Gasteiger partial charge in [-0.15, -0.1) is 0 Å². The van der Waals surface area contributed by atoms with Gasteiger partial charge in [-0.3, -0.25) is 0 Å². The van der Waals surface area contributed by atoms with Crippen molar-refractivity contribution >= 4 is 34.1 Å². The van der Waals surface area contributed by atoms with E-state index in [0.717, 1.165) is 16.3 Å². The van der Waals surface area contributed by atoms with Gasteiger partial charge in [0.25, 0.3) is 0 Å². The second-order valence-electron chi connectivity index (χ2n) is 6.06. The van der Waals surface area contributed by atoms with E-state index in [0.29, 0.717) is 11.6 Å². The summed E-state index contributed by atoms with van der Waals surface area (Å²) in [7, 11) is 1.54. The molecular weight excluding hydrogens is 385 g/mol. The van der Waals surface area contributed by atoms with Crippen LogP contribution in [0.4, 0.5) is 14.9 Å². The van der Waals surface area contributed by atoms with Crippen molar-refractivity contribution in [2.75, 3.05) is 19.0 Å². The van der Waals surface area contributed by atoms with Crippen LogP contribution in [0, 0.1) is 5.82 Å². The predicted molar refractivity (Wildman–Crippen MR) is 106 cm³/mol. The number of aliphatic hydroxyl groups excluding tert-OH is 1. The topological polar surface area (TPSA) is 83.5 Å². The highest BCUT2D eigenvalue weighted by molar-refractivity contribution is 6.31. The molecule has 146 valence electrons. The van der Waals surface area contributed by atoms with E-state index in [1.807, 2.05) is 24.3 Å². The van der Waals surface area contributed by atoms with Crippen molar-refractivity contribution < 1.29 is 19.0 Å². The monoisotopic (exact) mass is 403 g/mol. The van der Waals surface area contributed by atoms with Gasteiger partial charge >= 0.3 is 6.03 Å². The number of nitrogens with one attached hydrogen (secondary N) is 2. The lowest BCUT2D eigenvalue weighted by molar-refractivity contribution is 0.239. The van der Waals surface area contributed by atoms with Gasteiger partial charge < -0.3 is 20.5 Å². The molecule has 1 aromatic heterocycles. The van der Waals surface area contributed by atoms with Crippen LogP contribution >= 0.6 is 11.6 Å². The Bertz CT molecular complexity index is 1000. The third-order valence-corrected chi connectivity index (χ3v) is 4.55. The summed E-state index contributed by atoms with van der Waals surface area (Å²) in [5.74, 6) is -0.0888. The molecule has 1 atom stereocenters. The number of hydrogen-bond acceptors (Lipinski definition) is 4. The molecule has 1 heterocycles. The number of methoxy groups -OCH3 is 1. The maximum Gasteiger partial charge on any atom is 0.319 e. The molecule has 0 bridgehead atoms. The minimum absolute atomic E-state index is 0.0879. The minimum Gasteiger partial charge on any atom is -0.481 e. The standard InChI is InChI=1S/C20H19ClFN3O3/c1-28-19-14-5-3-2-4-13(14)15(11-23-19)18(8-9-26)25-20(27)24-12-6-7-17(22)16(21)10-12/h2-7,10-11,18,26H,8-9H2,1H3,(H2,24,25,27)/t18-/m0/s1. The zero-order valence-electron chi connectivity index (χ0n) is 15.1. The first-order valence-electron chi connectivity index (χ1n) is 8.58. The van der Waals surface area contributed by atoms with Crippen LogP contribution in [0.5, 0.6) is 5.88 Å². The molecule has 0 saturated heterocycles. The number of fused-ring (bicyclic) bond motifs is 1. The van der Waals surface area contributed by atoms with E-state index < -0.39 is 17.9 Å². The molecule has 8 heteroatoms. The Morgan fingerprint density at radius 2 is 2.04 bits per heavy atom. The number of carbonyl (C=O) groups is 1. The molecular formula is C20H19ClFN3O3. The van der Waals surface area contributed by atoms with Crippen molar-refractivity contribution in [2.45, 2.75) is 12.5 Å². The van der Waals surface area contributed by atoms with Crippen molar-refractivity contribution in [3.8, 4) is 5.88 Å². The average molecular weight is 404 g/mol. The second-order valence-corrected chi connectivity index (χ2v) is 6.47. The van der Waals surface area contributed by atoms with Gasteiger partial charge in [-0.25, -0.2) is 14.2 Å². The van der Waals surface area contributed by atoms with Crippen LogP contribution in [-0.2, 0) is 0 Å². The summed E-state index contributed by atoms with van der Waals surface area (Å²) in [6.07, 6.45) is 1.91. The van der Waals surface area contributed by atoms with E-state index in [1.54, 1.807) is 13.3 Å². The Morgan fingerprint density at radius 1 is 1.29 bits per heavy atom. The minimum atomic E-state index is -0.568. The fourth-order valence-electron chi connectivity index (χ4n) is 2.96. The van der Waals surface area contributed by atoms with Gasteiger partial charge in [0.1, 0.15) is 5.82 Å². The van der Waals surface area contributed by atoms with E-state index in [1.165, 1.54) is 18.2 Å². The number of halogens is 2. The molecule has 0 unspecified atom stereocenters. The normalized spacial score (nSPS) is 11.9. The van der Waals surface area contributed by atoms with Gasteiger partial charge in [0.2, 0.25) is 5.88 Å². The first-order valence-corrected chi connectivity index (χ1v) is 8.96. The molecule has 3 aromatic rings. The Morgan fingerprint density at radius 3 is 2.71 bits per heavy atom. The molecule has 0 spiro atoms. The number of aliphatic hydroxyl groups is 1. The zero-order valence-corrected chi connectivity index (χ0v) is 15.8. The highest BCUT2D eigenvalue weighted by Crippen LogP contribution is 2.30. The quantitative estimate of drug-likeness (QED) is 0.573. The van der Waals surface area contributed by atoms with Gasteiger partial charge in [-0.05, 0) is 36.1 Å². The number of benzene rings is 2. The zero-order chi connectivity index (χ0) is 20.1. The van der Waals surface area contributed by atoms with Crippen molar-refractivity contribution in [1.29, 1.82) is 0 Å². The SMILES string of the molecule is COc1ncc([C@H](CCO)NC(=O)Nc2ccc(F)c(Cl)c2)c2ccccc12. The first kappa shape index (κ1) is 19.9. The van der Waals surface area contributed by atoms with Crippen LogP contribution in [0.1, 0.15) is 18.0 Å². The van der Waals surface area contributed by atoms with E-state index in [4.69, 9.17) is 16.3 Å². The molecule has 2 aromatic carbocycles.